The number of likely N-dealkylation sites (tertiary alicyclic amines) is 1. The SMILES string of the molecule is Cc1ccc(-c2cccc(CN3C[C@@H]4CCC[C@@]4(C(=O)O)C3)c2)cc1. The second-order valence-electron chi connectivity index (χ2n) is 7.79. The molecule has 2 aromatic carbocycles. The lowest BCUT2D eigenvalue weighted by atomic mass is 9.81. The van der Waals surface area contributed by atoms with Crippen molar-refractivity contribution >= 4 is 5.97 Å². The Morgan fingerprint density at radius 1 is 1.20 bits per heavy atom. The predicted octanol–water partition coefficient (Wildman–Crippen LogP) is 4.35. The summed E-state index contributed by atoms with van der Waals surface area (Å²) in [7, 11) is 0. The zero-order valence-corrected chi connectivity index (χ0v) is 14.7. The molecule has 1 saturated carbocycles. The van der Waals surface area contributed by atoms with Gasteiger partial charge >= 0.3 is 5.97 Å². The summed E-state index contributed by atoms with van der Waals surface area (Å²) in [4.78, 5) is 14.2. The van der Waals surface area contributed by atoms with Crippen LogP contribution < -0.4 is 0 Å². The number of fused-ring (bicyclic) bond motifs is 1. The van der Waals surface area contributed by atoms with Crippen LogP contribution in [0.2, 0.25) is 0 Å². The van der Waals surface area contributed by atoms with E-state index in [2.05, 4.69) is 60.4 Å². The number of nitrogens with zero attached hydrogens (tertiary/aromatic N) is 1. The van der Waals surface area contributed by atoms with E-state index >= 15 is 0 Å². The van der Waals surface area contributed by atoms with Crippen LogP contribution in [-0.4, -0.2) is 29.1 Å². The number of rotatable bonds is 4. The van der Waals surface area contributed by atoms with Crippen LogP contribution in [-0.2, 0) is 11.3 Å². The third kappa shape index (κ3) is 2.98. The summed E-state index contributed by atoms with van der Waals surface area (Å²) in [5.41, 5.74) is 4.49. The minimum atomic E-state index is -0.592. The largest absolute Gasteiger partial charge is 0.481 e. The normalized spacial score (nSPS) is 25.9. The fraction of sp³-hybridized carbons (Fsp3) is 0.409. The molecule has 4 rings (SSSR count). The standard InChI is InChI=1S/C22H25NO2/c1-16-7-9-18(10-8-16)19-5-2-4-17(12-19)13-23-14-20-6-3-11-22(20,15-23)21(24)25/h2,4-5,7-10,12,20H,3,6,11,13-15H2,1H3,(H,24,25)/t20-,22+/m0/s1. The third-order valence-corrected chi connectivity index (χ3v) is 6.09. The monoisotopic (exact) mass is 335 g/mol. The minimum Gasteiger partial charge on any atom is -0.481 e. The number of aliphatic carboxylic acids is 1. The maximum Gasteiger partial charge on any atom is 0.311 e. The molecule has 2 aliphatic rings. The van der Waals surface area contributed by atoms with Crippen LogP contribution in [0.1, 0.15) is 30.4 Å². The van der Waals surface area contributed by atoms with Crippen molar-refractivity contribution in [3.05, 3.63) is 59.7 Å². The number of aryl methyl sites for hydroxylation is 1. The number of carboxylic acid groups (broad SMARTS) is 1. The quantitative estimate of drug-likeness (QED) is 0.903. The summed E-state index contributed by atoms with van der Waals surface area (Å²) in [6.07, 6.45) is 2.97. The summed E-state index contributed by atoms with van der Waals surface area (Å²) in [6, 6.07) is 17.2. The molecule has 0 radical (unpaired) electrons. The number of carbonyl (C=O) groups is 1. The molecule has 0 amide bonds. The van der Waals surface area contributed by atoms with E-state index in [1.54, 1.807) is 0 Å². The number of benzene rings is 2. The predicted molar refractivity (Wildman–Crippen MR) is 99.3 cm³/mol. The van der Waals surface area contributed by atoms with Crippen LogP contribution in [0.4, 0.5) is 0 Å². The Morgan fingerprint density at radius 2 is 2.00 bits per heavy atom. The van der Waals surface area contributed by atoms with Crippen molar-refractivity contribution in [1.29, 1.82) is 0 Å². The van der Waals surface area contributed by atoms with Gasteiger partial charge < -0.3 is 5.11 Å². The fourth-order valence-electron chi connectivity index (χ4n) is 4.72. The highest BCUT2D eigenvalue weighted by molar-refractivity contribution is 5.76. The molecule has 0 bridgehead atoms. The van der Waals surface area contributed by atoms with Gasteiger partial charge in [0.05, 0.1) is 5.41 Å². The van der Waals surface area contributed by atoms with Gasteiger partial charge in [-0.2, -0.15) is 0 Å². The van der Waals surface area contributed by atoms with Gasteiger partial charge in [-0.15, -0.1) is 0 Å². The zero-order valence-electron chi connectivity index (χ0n) is 14.7. The Balaban J connectivity index is 1.51. The molecule has 25 heavy (non-hydrogen) atoms. The van der Waals surface area contributed by atoms with E-state index in [0.717, 1.165) is 32.4 Å². The van der Waals surface area contributed by atoms with E-state index in [4.69, 9.17) is 0 Å². The maximum atomic E-state index is 11.8. The first-order valence-electron chi connectivity index (χ1n) is 9.18. The van der Waals surface area contributed by atoms with Crippen molar-refractivity contribution in [2.24, 2.45) is 11.3 Å². The van der Waals surface area contributed by atoms with Crippen molar-refractivity contribution < 1.29 is 9.90 Å². The molecule has 0 spiro atoms. The van der Waals surface area contributed by atoms with Gasteiger partial charge in [0.25, 0.3) is 0 Å². The molecule has 1 aliphatic heterocycles. The van der Waals surface area contributed by atoms with Crippen LogP contribution in [0.5, 0.6) is 0 Å². The fourth-order valence-corrected chi connectivity index (χ4v) is 4.72. The molecule has 1 N–H and O–H groups in total. The van der Waals surface area contributed by atoms with E-state index < -0.39 is 11.4 Å². The number of hydrogen-bond donors (Lipinski definition) is 1. The van der Waals surface area contributed by atoms with E-state index in [0.29, 0.717) is 12.5 Å². The zero-order chi connectivity index (χ0) is 17.4. The van der Waals surface area contributed by atoms with Crippen molar-refractivity contribution in [1.82, 2.24) is 4.90 Å². The molecule has 1 saturated heterocycles. The Bertz CT molecular complexity index is 783. The van der Waals surface area contributed by atoms with Gasteiger partial charge in [0, 0.05) is 19.6 Å². The van der Waals surface area contributed by atoms with Crippen LogP contribution in [0.15, 0.2) is 48.5 Å². The Kier molecular flexibility index (Phi) is 4.12. The highest BCUT2D eigenvalue weighted by Crippen LogP contribution is 2.49. The summed E-state index contributed by atoms with van der Waals surface area (Å²) in [6.45, 7) is 4.55. The molecule has 1 heterocycles. The highest BCUT2D eigenvalue weighted by atomic mass is 16.4. The Hall–Kier alpha value is -2.13. The molecule has 2 atom stereocenters. The molecule has 2 aromatic rings. The van der Waals surface area contributed by atoms with Crippen molar-refractivity contribution in [2.75, 3.05) is 13.1 Å². The van der Waals surface area contributed by atoms with Gasteiger partial charge in [0.1, 0.15) is 0 Å². The van der Waals surface area contributed by atoms with E-state index in [-0.39, 0.29) is 0 Å². The van der Waals surface area contributed by atoms with Crippen molar-refractivity contribution in [3.8, 4) is 11.1 Å². The van der Waals surface area contributed by atoms with Gasteiger partial charge in [0.2, 0.25) is 0 Å². The molecule has 3 nitrogen and oxygen atoms in total. The second kappa shape index (κ2) is 6.30. The molecule has 130 valence electrons. The van der Waals surface area contributed by atoms with Crippen LogP contribution in [0, 0.1) is 18.3 Å². The first kappa shape index (κ1) is 16.3. The van der Waals surface area contributed by atoms with Crippen molar-refractivity contribution in [3.63, 3.8) is 0 Å². The first-order valence-corrected chi connectivity index (χ1v) is 9.18. The van der Waals surface area contributed by atoms with Crippen LogP contribution >= 0.6 is 0 Å². The van der Waals surface area contributed by atoms with E-state index in [1.165, 1.54) is 22.3 Å². The van der Waals surface area contributed by atoms with Gasteiger partial charge in [-0.1, -0.05) is 54.4 Å². The molecule has 1 aliphatic carbocycles. The van der Waals surface area contributed by atoms with Gasteiger partial charge in [-0.25, -0.2) is 0 Å². The van der Waals surface area contributed by atoms with E-state index in [1.807, 2.05) is 0 Å². The first-order chi connectivity index (χ1) is 12.1. The second-order valence-corrected chi connectivity index (χ2v) is 7.79. The summed E-state index contributed by atoms with van der Waals surface area (Å²) in [5.74, 6) is -0.267. The maximum absolute atomic E-state index is 11.8. The van der Waals surface area contributed by atoms with Gasteiger partial charge in [-0.3, -0.25) is 9.69 Å². The summed E-state index contributed by atoms with van der Waals surface area (Å²) < 4.78 is 0. The number of hydrogen-bond acceptors (Lipinski definition) is 2. The van der Waals surface area contributed by atoms with E-state index in [9.17, 15) is 9.90 Å². The molecular weight excluding hydrogens is 310 g/mol. The Morgan fingerprint density at radius 3 is 2.72 bits per heavy atom. The molecule has 0 aromatic heterocycles. The van der Waals surface area contributed by atoms with Crippen LogP contribution in [0.3, 0.4) is 0 Å². The summed E-state index contributed by atoms with van der Waals surface area (Å²) in [5, 5.41) is 9.75. The molecule has 3 heteroatoms. The molecule has 2 fully saturated rings. The topological polar surface area (TPSA) is 40.5 Å². The average molecular weight is 335 g/mol. The lowest BCUT2D eigenvalue weighted by Crippen LogP contribution is -2.35. The molecular formula is C22H25NO2. The van der Waals surface area contributed by atoms with Crippen LogP contribution in [0.25, 0.3) is 11.1 Å². The number of carboxylic acids is 1. The van der Waals surface area contributed by atoms with Gasteiger partial charge in [0.15, 0.2) is 0 Å². The van der Waals surface area contributed by atoms with Crippen molar-refractivity contribution in [2.45, 2.75) is 32.7 Å². The average Bonchev–Trinajstić information content (AvgIpc) is 3.14. The summed E-state index contributed by atoms with van der Waals surface area (Å²) >= 11 is 0. The van der Waals surface area contributed by atoms with Gasteiger partial charge in [-0.05, 0) is 48.4 Å². The Labute approximate surface area is 149 Å². The molecule has 0 unspecified atom stereocenters. The minimum absolute atomic E-state index is 0.324. The highest BCUT2D eigenvalue weighted by Gasteiger charge is 2.54. The lowest BCUT2D eigenvalue weighted by Gasteiger charge is -2.23. The third-order valence-electron chi connectivity index (χ3n) is 6.09. The smallest absolute Gasteiger partial charge is 0.311 e. The lowest BCUT2D eigenvalue weighted by molar-refractivity contribution is -0.149.